The molecule has 8 aromatic carbocycles. The number of hydrogen-bond acceptors (Lipinski definition) is 3. The van der Waals surface area contributed by atoms with Crippen molar-refractivity contribution in [2.75, 3.05) is 4.90 Å². The first kappa shape index (κ1) is 29.1. The molecule has 0 fully saturated rings. The van der Waals surface area contributed by atoms with Gasteiger partial charge in [0.2, 0.25) is 0 Å². The van der Waals surface area contributed by atoms with Crippen molar-refractivity contribution >= 4 is 60.9 Å². The maximum atomic E-state index is 6.46. The second-order valence-electron chi connectivity index (χ2n) is 12.9. The third-order valence-electron chi connectivity index (χ3n) is 9.87. The van der Waals surface area contributed by atoms with Crippen LogP contribution < -0.4 is 4.90 Å². The van der Waals surface area contributed by atoms with Crippen LogP contribution in [-0.4, -0.2) is 0 Å². The lowest BCUT2D eigenvalue weighted by Gasteiger charge is -2.27. The fraction of sp³-hybridized carbons (Fsp3) is 0. The third-order valence-corrected chi connectivity index (χ3v) is 9.87. The Bertz CT molecular complexity index is 2850. The summed E-state index contributed by atoms with van der Waals surface area (Å²) in [5.74, 6) is 0. The van der Waals surface area contributed by atoms with Crippen LogP contribution in [0, 0.1) is 0 Å². The number of furan rings is 2. The number of hydrogen-bond donors (Lipinski definition) is 0. The quantitative estimate of drug-likeness (QED) is 0.179. The van der Waals surface area contributed by atoms with Gasteiger partial charge in [0.05, 0.1) is 11.1 Å². The van der Waals surface area contributed by atoms with Crippen LogP contribution in [0.2, 0.25) is 0 Å². The molecule has 51 heavy (non-hydrogen) atoms. The molecule has 2 aromatic heterocycles. The molecule has 0 saturated carbocycles. The molecule has 0 N–H and O–H groups in total. The second kappa shape index (κ2) is 11.9. The average molecular weight is 654 g/mol. The van der Waals surface area contributed by atoms with E-state index in [1.807, 2.05) is 18.2 Å². The van der Waals surface area contributed by atoms with Crippen LogP contribution in [0.1, 0.15) is 0 Å². The lowest BCUT2D eigenvalue weighted by molar-refractivity contribution is 0.669. The van der Waals surface area contributed by atoms with Crippen LogP contribution in [0.15, 0.2) is 197 Å². The highest BCUT2D eigenvalue weighted by Crippen LogP contribution is 2.44. The Labute approximate surface area is 295 Å². The standard InChI is InChI=1S/C48H31NO2/c1-3-12-32(13-4-1)35-16-9-17-38(30-35)49(43-21-11-23-46-47(43)41-18-7-8-22-44(41)50-46)37-27-24-33(25-28-37)36-26-29-45-42(31-36)40-20-10-19-39(48(40)51-45)34-14-5-2-6-15-34/h1-31H. The van der Waals surface area contributed by atoms with Crippen LogP contribution in [0.25, 0.3) is 77.3 Å². The number of anilines is 3. The molecule has 0 spiro atoms. The molecule has 0 radical (unpaired) electrons. The van der Waals surface area contributed by atoms with Gasteiger partial charge in [-0.1, -0.05) is 133 Å². The van der Waals surface area contributed by atoms with Gasteiger partial charge in [0.25, 0.3) is 0 Å². The van der Waals surface area contributed by atoms with Gasteiger partial charge in [-0.25, -0.2) is 0 Å². The van der Waals surface area contributed by atoms with E-state index < -0.39 is 0 Å². The largest absolute Gasteiger partial charge is 0.456 e. The highest BCUT2D eigenvalue weighted by molar-refractivity contribution is 6.14. The minimum atomic E-state index is 0.866. The summed E-state index contributed by atoms with van der Waals surface area (Å²) in [7, 11) is 0. The predicted octanol–water partition coefficient (Wildman–Crippen LogP) is 14.0. The van der Waals surface area contributed by atoms with Crippen molar-refractivity contribution in [1.82, 2.24) is 0 Å². The smallest absolute Gasteiger partial charge is 0.143 e. The van der Waals surface area contributed by atoms with Gasteiger partial charge in [-0.05, 0) is 82.4 Å². The number of benzene rings is 8. The van der Waals surface area contributed by atoms with Crippen molar-refractivity contribution in [3.05, 3.63) is 188 Å². The zero-order chi connectivity index (χ0) is 33.7. The summed E-state index contributed by atoms with van der Waals surface area (Å²) in [5.41, 5.74) is 13.6. The van der Waals surface area contributed by atoms with Crippen LogP contribution in [0.5, 0.6) is 0 Å². The molecule has 0 amide bonds. The van der Waals surface area contributed by atoms with E-state index in [4.69, 9.17) is 8.83 Å². The van der Waals surface area contributed by atoms with Crippen molar-refractivity contribution in [3.8, 4) is 33.4 Å². The molecule has 2 heterocycles. The summed E-state index contributed by atoms with van der Waals surface area (Å²) in [4.78, 5) is 2.35. The lowest BCUT2D eigenvalue weighted by Crippen LogP contribution is -2.10. The van der Waals surface area contributed by atoms with Crippen molar-refractivity contribution in [2.45, 2.75) is 0 Å². The van der Waals surface area contributed by atoms with Crippen LogP contribution in [0.4, 0.5) is 17.1 Å². The Hall–Kier alpha value is -6.84. The number of para-hydroxylation sites is 2. The van der Waals surface area contributed by atoms with E-state index in [-0.39, 0.29) is 0 Å². The summed E-state index contributed by atoms with van der Waals surface area (Å²) in [6.07, 6.45) is 0. The Morgan fingerprint density at radius 2 is 0.941 bits per heavy atom. The first-order valence-electron chi connectivity index (χ1n) is 17.3. The molecule has 0 aliphatic rings. The van der Waals surface area contributed by atoms with Gasteiger partial charge in [0.15, 0.2) is 0 Å². The summed E-state index contributed by atoms with van der Waals surface area (Å²) in [6.45, 7) is 0. The Balaban J connectivity index is 1.10. The first-order chi connectivity index (χ1) is 25.3. The second-order valence-corrected chi connectivity index (χ2v) is 12.9. The van der Waals surface area contributed by atoms with E-state index in [0.717, 1.165) is 88.8 Å². The molecule has 3 heteroatoms. The van der Waals surface area contributed by atoms with Crippen molar-refractivity contribution < 1.29 is 8.83 Å². The van der Waals surface area contributed by atoms with Gasteiger partial charge in [0, 0.05) is 33.1 Å². The molecule has 0 saturated heterocycles. The van der Waals surface area contributed by atoms with Crippen molar-refractivity contribution in [1.29, 1.82) is 0 Å². The Morgan fingerprint density at radius 1 is 0.333 bits per heavy atom. The fourth-order valence-corrected chi connectivity index (χ4v) is 7.45. The van der Waals surface area contributed by atoms with Crippen molar-refractivity contribution in [3.63, 3.8) is 0 Å². The molecule has 0 bridgehead atoms. The van der Waals surface area contributed by atoms with Gasteiger partial charge < -0.3 is 13.7 Å². The molecule has 0 unspecified atom stereocenters. The molecule has 240 valence electrons. The Kier molecular flexibility index (Phi) is 6.81. The summed E-state index contributed by atoms with van der Waals surface area (Å²) in [5, 5.41) is 4.42. The van der Waals surface area contributed by atoms with Gasteiger partial charge >= 0.3 is 0 Å². The normalized spacial score (nSPS) is 11.5. The molecule has 3 nitrogen and oxygen atoms in total. The van der Waals surface area contributed by atoms with E-state index >= 15 is 0 Å². The van der Waals surface area contributed by atoms with Crippen LogP contribution in [-0.2, 0) is 0 Å². The molecule has 10 rings (SSSR count). The van der Waals surface area contributed by atoms with E-state index in [2.05, 4.69) is 175 Å². The van der Waals surface area contributed by atoms with Crippen LogP contribution >= 0.6 is 0 Å². The van der Waals surface area contributed by atoms with Gasteiger partial charge in [-0.3, -0.25) is 0 Å². The molecule has 0 aliphatic carbocycles. The highest BCUT2D eigenvalue weighted by Gasteiger charge is 2.20. The lowest BCUT2D eigenvalue weighted by atomic mass is 9.99. The third kappa shape index (κ3) is 4.98. The molecule has 0 atom stereocenters. The summed E-state index contributed by atoms with van der Waals surface area (Å²) < 4.78 is 12.8. The maximum absolute atomic E-state index is 6.46. The zero-order valence-corrected chi connectivity index (χ0v) is 27.7. The van der Waals surface area contributed by atoms with Gasteiger partial charge in [0.1, 0.15) is 22.3 Å². The highest BCUT2D eigenvalue weighted by atomic mass is 16.3. The van der Waals surface area contributed by atoms with Crippen molar-refractivity contribution in [2.24, 2.45) is 0 Å². The van der Waals surface area contributed by atoms with E-state index in [1.165, 1.54) is 5.56 Å². The maximum Gasteiger partial charge on any atom is 0.143 e. The zero-order valence-electron chi connectivity index (χ0n) is 27.7. The average Bonchev–Trinajstić information content (AvgIpc) is 3.78. The molecular formula is C48H31NO2. The minimum absolute atomic E-state index is 0.866. The minimum Gasteiger partial charge on any atom is -0.456 e. The van der Waals surface area contributed by atoms with E-state index in [1.54, 1.807) is 0 Å². The molecule has 10 aromatic rings. The topological polar surface area (TPSA) is 29.5 Å². The summed E-state index contributed by atoms with van der Waals surface area (Å²) >= 11 is 0. The number of nitrogens with zero attached hydrogens (tertiary/aromatic N) is 1. The van der Waals surface area contributed by atoms with Crippen LogP contribution in [0.3, 0.4) is 0 Å². The predicted molar refractivity (Wildman–Crippen MR) is 212 cm³/mol. The van der Waals surface area contributed by atoms with Gasteiger partial charge in [-0.15, -0.1) is 0 Å². The molecular weight excluding hydrogens is 623 g/mol. The summed E-state index contributed by atoms with van der Waals surface area (Å²) in [6, 6.07) is 66.1. The van der Waals surface area contributed by atoms with Gasteiger partial charge in [-0.2, -0.15) is 0 Å². The SMILES string of the molecule is c1ccc(-c2cccc(N(c3ccc(-c4ccc5oc6c(-c7ccccc7)cccc6c5c4)cc3)c3cccc4oc5ccccc5c34)c2)cc1. The van der Waals surface area contributed by atoms with E-state index in [0.29, 0.717) is 0 Å². The molecule has 0 aliphatic heterocycles. The number of rotatable bonds is 6. The fourth-order valence-electron chi connectivity index (χ4n) is 7.45. The van der Waals surface area contributed by atoms with E-state index in [9.17, 15) is 0 Å². The first-order valence-corrected chi connectivity index (χ1v) is 17.3. The number of fused-ring (bicyclic) bond motifs is 6. The monoisotopic (exact) mass is 653 g/mol. The Morgan fingerprint density at radius 3 is 1.78 bits per heavy atom.